The lowest BCUT2D eigenvalue weighted by Gasteiger charge is -2.36. The van der Waals surface area contributed by atoms with E-state index in [1.807, 2.05) is 0 Å². The number of hydrogen-bond donors (Lipinski definition) is 0. The molecular weight excluding hydrogens is 280 g/mol. The summed E-state index contributed by atoms with van der Waals surface area (Å²) in [6, 6.07) is 6.35. The molecule has 96 valence electrons. The van der Waals surface area contributed by atoms with Crippen LogP contribution in [-0.4, -0.2) is 25.3 Å². The number of alkyl halides is 1. The third kappa shape index (κ3) is 2.72. The lowest BCUT2D eigenvalue weighted by molar-refractivity contribution is -0.201. The Labute approximate surface area is 112 Å². The molecule has 1 atom stereocenters. The van der Waals surface area contributed by atoms with Crippen molar-refractivity contribution in [2.24, 2.45) is 0 Å². The van der Waals surface area contributed by atoms with Crippen molar-refractivity contribution in [1.29, 1.82) is 0 Å². The highest BCUT2D eigenvalue weighted by Crippen LogP contribution is 2.35. The van der Waals surface area contributed by atoms with Gasteiger partial charge in [-0.2, -0.15) is 0 Å². The van der Waals surface area contributed by atoms with E-state index < -0.39 is 5.79 Å². The van der Waals surface area contributed by atoms with Crippen molar-refractivity contribution in [3.05, 3.63) is 34.9 Å². The lowest BCUT2D eigenvalue weighted by Crippen LogP contribution is -2.41. The largest absolute Gasteiger partial charge is 0.352 e. The highest BCUT2D eigenvalue weighted by Gasteiger charge is 2.37. The molecule has 0 heterocycles. The van der Waals surface area contributed by atoms with Gasteiger partial charge in [0.25, 0.3) is 0 Å². The maximum Gasteiger partial charge on any atom is 0.183 e. The molecule has 0 amide bonds. The van der Waals surface area contributed by atoms with Crippen LogP contribution in [0.15, 0.2) is 18.2 Å². The van der Waals surface area contributed by atoms with Gasteiger partial charge in [-0.05, 0) is 30.5 Å². The Morgan fingerprint density at radius 2 is 1.82 bits per heavy atom. The number of aryl methyl sites for hydroxylation is 1. The summed E-state index contributed by atoms with van der Waals surface area (Å²) < 4.78 is 11.2. The van der Waals surface area contributed by atoms with Gasteiger partial charge < -0.3 is 9.47 Å². The van der Waals surface area contributed by atoms with E-state index in [4.69, 9.17) is 9.47 Å². The van der Waals surface area contributed by atoms with Gasteiger partial charge in [0.15, 0.2) is 5.79 Å². The first-order chi connectivity index (χ1) is 8.02. The fourth-order valence-corrected chi connectivity index (χ4v) is 3.08. The van der Waals surface area contributed by atoms with Crippen molar-refractivity contribution in [2.75, 3.05) is 19.5 Å². The number of rotatable bonds is 5. The number of halogens is 1. The van der Waals surface area contributed by atoms with E-state index in [1.54, 1.807) is 14.2 Å². The predicted octanol–water partition coefficient (Wildman–Crippen LogP) is 3.79. The van der Waals surface area contributed by atoms with E-state index in [1.165, 1.54) is 16.7 Å². The molecule has 0 spiro atoms. The van der Waals surface area contributed by atoms with E-state index in [0.717, 1.165) is 0 Å². The maximum absolute atomic E-state index is 5.58. The number of benzene rings is 1. The second-order valence-corrected chi connectivity index (χ2v) is 4.93. The number of methoxy groups -OCH3 is 2. The minimum atomic E-state index is -0.613. The Morgan fingerprint density at radius 3 is 2.29 bits per heavy atom. The van der Waals surface area contributed by atoms with Gasteiger partial charge in [-0.25, -0.2) is 0 Å². The van der Waals surface area contributed by atoms with Crippen LogP contribution in [0.4, 0.5) is 0 Å². The molecule has 1 unspecified atom stereocenters. The molecule has 0 saturated heterocycles. The molecule has 0 bridgehead atoms. The van der Waals surface area contributed by atoms with E-state index >= 15 is 0 Å². The van der Waals surface area contributed by atoms with Gasteiger partial charge in [0, 0.05) is 20.1 Å². The van der Waals surface area contributed by atoms with Crippen LogP contribution in [-0.2, 0) is 9.47 Å². The van der Waals surface area contributed by atoms with Gasteiger partial charge in [0.2, 0.25) is 0 Å². The molecule has 0 saturated carbocycles. The topological polar surface area (TPSA) is 18.5 Å². The molecule has 0 aromatic heterocycles. The molecule has 2 nitrogen and oxygen atoms in total. The number of hydrogen-bond acceptors (Lipinski definition) is 2. The fourth-order valence-electron chi connectivity index (χ4n) is 2.14. The van der Waals surface area contributed by atoms with Crippen LogP contribution in [0, 0.1) is 13.8 Å². The molecule has 1 aromatic carbocycles. The highest BCUT2D eigenvalue weighted by molar-refractivity contribution is 9.09. The van der Waals surface area contributed by atoms with Crippen LogP contribution in [0.2, 0.25) is 0 Å². The van der Waals surface area contributed by atoms with Crippen LogP contribution in [0.5, 0.6) is 0 Å². The summed E-state index contributed by atoms with van der Waals surface area (Å²) in [5, 5.41) is 0.640. The van der Waals surface area contributed by atoms with Gasteiger partial charge in [-0.3, -0.25) is 0 Å². The van der Waals surface area contributed by atoms with E-state index in [0.29, 0.717) is 5.33 Å². The van der Waals surface area contributed by atoms with E-state index in [2.05, 4.69) is 54.9 Å². The average Bonchev–Trinajstić information content (AvgIpc) is 2.35. The zero-order valence-electron chi connectivity index (χ0n) is 11.2. The second-order valence-electron chi connectivity index (χ2n) is 4.36. The van der Waals surface area contributed by atoms with Crippen LogP contribution in [0.3, 0.4) is 0 Å². The molecule has 0 N–H and O–H groups in total. The molecule has 0 fully saturated rings. The van der Waals surface area contributed by atoms with Crippen LogP contribution in [0.25, 0.3) is 0 Å². The summed E-state index contributed by atoms with van der Waals surface area (Å²) in [6.07, 6.45) is 0. The molecule has 0 aliphatic carbocycles. The Morgan fingerprint density at radius 1 is 1.24 bits per heavy atom. The van der Waals surface area contributed by atoms with Crippen molar-refractivity contribution in [3.63, 3.8) is 0 Å². The summed E-state index contributed by atoms with van der Waals surface area (Å²) in [6.45, 7) is 6.41. The van der Waals surface area contributed by atoms with Crippen molar-refractivity contribution in [1.82, 2.24) is 0 Å². The summed E-state index contributed by atoms with van der Waals surface area (Å²) >= 11 is 3.48. The van der Waals surface area contributed by atoms with Gasteiger partial charge in [-0.1, -0.05) is 41.1 Å². The normalized spacial score (nSPS) is 13.8. The number of ether oxygens (including phenoxy) is 2. The highest BCUT2D eigenvalue weighted by atomic mass is 79.9. The zero-order chi connectivity index (χ0) is 13.1. The monoisotopic (exact) mass is 300 g/mol. The Hall–Kier alpha value is -0.380. The first kappa shape index (κ1) is 14.7. The summed E-state index contributed by atoms with van der Waals surface area (Å²) in [7, 11) is 3.37. The van der Waals surface area contributed by atoms with Crippen LogP contribution in [0.1, 0.15) is 29.5 Å². The molecule has 3 heteroatoms. The fraction of sp³-hybridized carbons (Fsp3) is 0.571. The zero-order valence-corrected chi connectivity index (χ0v) is 12.8. The molecular formula is C14H21BrO2. The summed E-state index contributed by atoms with van der Waals surface area (Å²) in [4.78, 5) is 0. The first-order valence-corrected chi connectivity index (χ1v) is 6.87. The summed E-state index contributed by atoms with van der Waals surface area (Å²) in [5.41, 5.74) is 3.87. The van der Waals surface area contributed by atoms with Crippen molar-refractivity contribution in [2.45, 2.75) is 32.5 Å². The average molecular weight is 301 g/mol. The van der Waals surface area contributed by atoms with Crippen LogP contribution >= 0.6 is 15.9 Å². The van der Waals surface area contributed by atoms with Gasteiger partial charge >= 0.3 is 0 Å². The summed E-state index contributed by atoms with van der Waals surface area (Å²) in [5.74, 6) is -0.449. The lowest BCUT2D eigenvalue weighted by atomic mass is 9.88. The van der Waals surface area contributed by atoms with Gasteiger partial charge in [0.1, 0.15) is 0 Å². The molecule has 17 heavy (non-hydrogen) atoms. The first-order valence-electron chi connectivity index (χ1n) is 5.74. The molecule has 0 aliphatic heterocycles. The molecule has 1 aromatic rings. The Bertz CT molecular complexity index is 364. The molecule has 0 radical (unpaired) electrons. The smallest absolute Gasteiger partial charge is 0.183 e. The minimum absolute atomic E-state index is 0.164. The third-order valence-corrected chi connectivity index (χ3v) is 4.43. The standard InChI is InChI=1S/C14H21BrO2/c1-10-7-6-8-13(11(10)2)12(3)14(9-15,16-4)17-5/h6-8,12H,9H2,1-5H3. The second kappa shape index (κ2) is 5.98. The SMILES string of the molecule is COC(CBr)(OC)C(C)c1cccc(C)c1C. The quantitative estimate of drug-likeness (QED) is 0.608. The predicted molar refractivity (Wildman–Crippen MR) is 74.9 cm³/mol. The van der Waals surface area contributed by atoms with Crippen molar-refractivity contribution in [3.8, 4) is 0 Å². The van der Waals surface area contributed by atoms with E-state index in [-0.39, 0.29) is 5.92 Å². The van der Waals surface area contributed by atoms with Crippen LogP contribution < -0.4 is 0 Å². The Kier molecular flexibility index (Phi) is 5.17. The minimum Gasteiger partial charge on any atom is -0.352 e. The van der Waals surface area contributed by atoms with Gasteiger partial charge in [0.05, 0.1) is 5.33 Å². The molecule has 1 rings (SSSR count). The van der Waals surface area contributed by atoms with Crippen molar-refractivity contribution < 1.29 is 9.47 Å². The van der Waals surface area contributed by atoms with Crippen molar-refractivity contribution >= 4 is 15.9 Å². The Balaban J connectivity index is 3.18. The molecule has 0 aliphatic rings. The van der Waals surface area contributed by atoms with Gasteiger partial charge in [-0.15, -0.1) is 0 Å². The van der Waals surface area contributed by atoms with E-state index in [9.17, 15) is 0 Å². The third-order valence-electron chi connectivity index (χ3n) is 3.65. The maximum atomic E-state index is 5.58.